The average Bonchev–Trinajstić information content (AvgIpc) is 3.03. The lowest BCUT2D eigenvalue weighted by molar-refractivity contribution is -0.114. The van der Waals surface area contributed by atoms with Gasteiger partial charge in [-0.05, 0) is 36.8 Å². The average molecular weight is 491 g/mol. The van der Waals surface area contributed by atoms with E-state index in [-0.39, 0.29) is 16.8 Å². The van der Waals surface area contributed by atoms with Crippen LogP contribution in [0.25, 0.3) is 0 Å². The van der Waals surface area contributed by atoms with Crippen molar-refractivity contribution in [1.29, 1.82) is 0 Å². The van der Waals surface area contributed by atoms with Crippen molar-refractivity contribution in [2.75, 3.05) is 37.1 Å². The molecule has 0 spiro atoms. The molecule has 10 nitrogen and oxygen atoms in total. The molecule has 1 heterocycles. The SMILES string of the molecule is CCOc1cc([C@@H](CS(=O)(=O)CCO)N2C(=O)c3cccc(NC(C)=O)c3C2=O)ccc1OC. The van der Waals surface area contributed by atoms with Gasteiger partial charge in [0.05, 0.1) is 54.7 Å². The molecule has 2 aromatic rings. The van der Waals surface area contributed by atoms with Crippen molar-refractivity contribution < 1.29 is 37.4 Å². The molecule has 3 amide bonds. The number of nitrogens with zero attached hydrogens (tertiary/aromatic N) is 1. The molecule has 0 radical (unpaired) electrons. The van der Waals surface area contributed by atoms with Gasteiger partial charge < -0.3 is 19.9 Å². The monoisotopic (exact) mass is 490 g/mol. The van der Waals surface area contributed by atoms with Crippen molar-refractivity contribution >= 4 is 33.2 Å². The summed E-state index contributed by atoms with van der Waals surface area (Å²) in [6, 6.07) is 7.90. The zero-order valence-corrected chi connectivity index (χ0v) is 19.8. The summed E-state index contributed by atoms with van der Waals surface area (Å²) in [5.41, 5.74) is 0.541. The van der Waals surface area contributed by atoms with Crippen molar-refractivity contribution in [3.63, 3.8) is 0 Å². The van der Waals surface area contributed by atoms with Crippen LogP contribution >= 0.6 is 0 Å². The maximum atomic E-state index is 13.5. The van der Waals surface area contributed by atoms with Crippen molar-refractivity contribution in [3.8, 4) is 11.5 Å². The lowest BCUT2D eigenvalue weighted by Gasteiger charge is -2.27. The lowest BCUT2D eigenvalue weighted by Crippen LogP contribution is -2.38. The van der Waals surface area contributed by atoms with Gasteiger partial charge >= 0.3 is 0 Å². The summed E-state index contributed by atoms with van der Waals surface area (Å²) in [7, 11) is -2.41. The highest BCUT2D eigenvalue weighted by Crippen LogP contribution is 2.38. The van der Waals surface area contributed by atoms with E-state index in [9.17, 15) is 27.9 Å². The van der Waals surface area contributed by atoms with Crippen molar-refractivity contribution in [3.05, 3.63) is 53.1 Å². The number of benzene rings is 2. The van der Waals surface area contributed by atoms with Crippen LogP contribution in [0.2, 0.25) is 0 Å². The molecular formula is C23H26N2O8S. The molecule has 0 aromatic heterocycles. The maximum Gasteiger partial charge on any atom is 0.264 e. The Kier molecular flexibility index (Phi) is 7.57. The van der Waals surface area contributed by atoms with Crippen LogP contribution in [0.5, 0.6) is 11.5 Å². The maximum absolute atomic E-state index is 13.5. The fourth-order valence-corrected chi connectivity index (χ4v) is 5.10. The molecule has 11 heteroatoms. The summed E-state index contributed by atoms with van der Waals surface area (Å²) in [5.74, 6) is -2.26. The Morgan fingerprint density at radius 2 is 1.88 bits per heavy atom. The highest BCUT2D eigenvalue weighted by molar-refractivity contribution is 7.91. The van der Waals surface area contributed by atoms with E-state index in [4.69, 9.17) is 9.47 Å². The first-order valence-corrected chi connectivity index (χ1v) is 12.4. The number of aliphatic hydroxyl groups excluding tert-OH is 1. The van der Waals surface area contributed by atoms with Crippen molar-refractivity contribution in [1.82, 2.24) is 4.90 Å². The number of hydrogen-bond donors (Lipinski definition) is 2. The number of anilines is 1. The zero-order valence-electron chi connectivity index (χ0n) is 19.0. The third-order valence-electron chi connectivity index (χ3n) is 5.26. The Morgan fingerprint density at radius 1 is 1.15 bits per heavy atom. The Morgan fingerprint density at radius 3 is 2.50 bits per heavy atom. The van der Waals surface area contributed by atoms with Crippen LogP contribution in [-0.2, 0) is 14.6 Å². The molecular weight excluding hydrogens is 464 g/mol. The van der Waals surface area contributed by atoms with Gasteiger partial charge in [0.1, 0.15) is 0 Å². The minimum atomic E-state index is -3.86. The van der Waals surface area contributed by atoms with Gasteiger partial charge in [-0.25, -0.2) is 8.42 Å². The van der Waals surface area contributed by atoms with Crippen molar-refractivity contribution in [2.24, 2.45) is 0 Å². The number of hydrogen-bond acceptors (Lipinski definition) is 8. The number of methoxy groups -OCH3 is 1. The van der Waals surface area contributed by atoms with Crippen molar-refractivity contribution in [2.45, 2.75) is 19.9 Å². The number of rotatable bonds is 10. The molecule has 3 rings (SSSR count). The second kappa shape index (κ2) is 10.2. The largest absolute Gasteiger partial charge is 0.493 e. The summed E-state index contributed by atoms with van der Waals surface area (Å²) in [6.07, 6.45) is 0. The van der Waals surface area contributed by atoms with Gasteiger partial charge in [0.25, 0.3) is 11.8 Å². The van der Waals surface area contributed by atoms with E-state index >= 15 is 0 Å². The van der Waals surface area contributed by atoms with Gasteiger partial charge in [0.2, 0.25) is 5.91 Å². The Labute approximate surface area is 197 Å². The smallest absolute Gasteiger partial charge is 0.264 e. The van der Waals surface area contributed by atoms with E-state index in [1.54, 1.807) is 19.1 Å². The summed E-state index contributed by atoms with van der Waals surface area (Å²) in [4.78, 5) is 39.3. The number of sulfone groups is 1. The predicted molar refractivity (Wildman–Crippen MR) is 124 cm³/mol. The van der Waals surface area contributed by atoms with Crippen LogP contribution in [0.4, 0.5) is 5.69 Å². The van der Waals surface area contributed by atoms with Gasteiger partial charge in [-0.2, -0.15) is 0 Å². The van der Waals surface area contributed by atoms with E-state index in [1.165, 1.54) is 38.3 Å². The van der Waals surface area contributed by atoms with Crippen LogP contribution in [-0.4, -0.2) is 68.0 Å². The molecule has 0 aliphatic carbocycles. The molecule has 34 heavy (non-hydrogen) atoms. The van der Waals surface area contributed by atoms with E-state index < -0.39 is 51.7 Å². The quantitative estimate of drug-likeness (QED) is 0.481. The fourth-order valence-electron chi connectivity index (χ4n) is 3.83. The van der Waals surface area contributed by atoms with Crippen LogP contribution in [0.15, 0.2) is 36.4 Å². The zero-order chi connectivity index (χ0) is 25.0. The molecule has 2 N–H and O–H groups in total. The lowest BCUT2D eigenvalue weighted by atomic mass is 10.1. The standard InChI is InChI=1S/C23H26N2O8S/c1-4-33-20-12-15(8-9-19(20)32-3)18(13-34(30,31)11-10-26)25-22(28)16-6-5-7-17(24-14(2)27)21(16)23(25)29/h5-9,12,18,26H,4,10-11,13H2,1-3H3,(H,24,27)/t18-/m1/s1. The van der Waals surface area contributed by atoms with Crippen LogP contribution in [0, 0.1) is 0 Å². The first-order valence-electron chi connectivity index (χ1n) is 10.5. The highest BCUT2D eigenvalue weighted by atomic mass is 32.2. The number of ether oxygens (including phenoxy) is 2. The fraction of sp³-hybridized carbons (Fsp3) is 0.348. The Balaban J connectivity index is 2.14. The molecule has 182 valence electrons. The third-order valence-corrected chi connectivity index (χ3v) is 6.88. The normalized spacial score (nSPS) is 14.1. The van der Waals surface area contributed by atoms with Gasteiger partial charge in [0.15, 0.2) is 21.3 Å². The molecule has 1 aliphatic heterocycles. The van der Waals surface area contributed by atoms with Crippen LogP contribution in [0.1, 0.15) is 46.2 Å². The second-order valence-corrected chi connectivity index (χ2v) is 9.82. The number of amides is 3. The highest BCUT2D eigenvalue weighted by Gasteiger charge is 2.43. The molecule has 0 saturated carbocycles. The number of carbonyl (C=O) groups is 3. The number of fused-ring (bicyclic) bond motifs is 1. The number of carbonyl (C=O) groups excluding carboxylic acids is 3. The predicted octanol–water partition coefficient (Wildman–Crippen LogP) is 1.80. The topological polar surface area (TPSA) is 139 Å². The Bertz CT molecular complexity index is 1230. The minimum Gasteiger partial charge on any atom is -0.493 e. The number of nitrogens with one attached hydrogen (secondary N) is 1. The van der Waals surface area contributed by atoms with Gasteiger partial charge in [-0.1, -0.05) is 12.1 Å². The first-order chi connectivity index (χ1) is 16.1. The molecule has 1 atom stereocenters. The van der Waals surface area contributed by atoms with Crippen LogP contribution in [0.3, 0.4) is 0 Å². The van der Waals surface area contributed by atoms with Gasteiger partial charge in [-0.15, -0.1) is 0 Å². The molecule has 0 saturated heterocycles. The minimum absolute atomic E-state index is 0.00852. The van der Waals surface area contributed by atoms with E-state index in [2.05, 4.69) is 5.32 Å². The summed E-state index contributed by atoms with van der Waals surface area (Å²) in [6.45, 7) is 2.75. The number of aliphatic hydroxyl groups is 1. The number of imide groups is 1. The van der Waals surface area contributed by atoms with E-state index in [0.717, 1.165) is 4.90 Å². The van der Waals surface area contributed by atoms with Gasteiger partial charge in [-0.3, -0.25) is 19.3 Å². The first kappa shape index (κ1) is 25.2. The second-order valence-electron chi connectivity index (χ2n) is 7.59. The summed E-state index contributed by atoms with van der Waals surface area (Å²) >= 11 is 0. The summed E-state index contributed by atoms with van der Waals surface area (Å²) in [5, 5.41) is 11.7. The molecule has 1 aliphatic rings. The molecule has 0 unspecified atom stereocenters. The molecule has 2 aromatic carbocycles. The van der Waals surface area contributed by atoms with Gasteiger partial charge in [0, 0.05) is 6.92 Å². The molecule has 0 bridgehead atoms. The summed E-state index contributed by atoms with van der Waals surface area (Å²) < 4.78 is 36.2. The van der Waals surface area contributed by atoms with E-state index in [1.807, 2.05) is 0 Å². The Hall–Kier alpha value is -3.44. The molecule has 0 fully saturated rings. The van der Waals surface area contributed by atoms with E-state index in [0.29, 0.717) is 23.7 Å². The van der Waals surface area contributed by atoms with Crippen LogP contribution < -0.4 is 14.8 Å². The third kappa shape index (κ3) is 5.05.